The number of carbonyl (C=O) groups excluding carboxylic acids is 1. The van der Waals surface area contributed by atoms with E-state index in [0.29, 0.717) is 19.6 Å². The maximum absolute atomic E-state index is 12.1. The molecule has 0 atom stereocenters. The first kappa shape index (κ1) is 19.0. The fraction of sp³-hybridized carbons (Fsp3) is 0.286. The topological polar surface area (TPSA) is 64.1 Å². The van der Waals surface area contributed by atoms with Gasteiger partial charge in [-0.05, 0) is 43.5 Å². The smallest absolute Gasteiger partial charge is 0.226 e. The van der Waals surface area contributed by atoms with Crippen LogP contribution in [-0.4, -0.2) is 22.4 Å². The zero-order valence-corrected chi connectivity index (χ0v) is 16.2. The molecule has 0 aliphatic carbocycles. The minimum atomic E-state index is -0.00232. The molecule has 6 heteroatoms. The Bertz CT molecular complexity index is 847. The summed E-state index contributed by atoms with van der Waals surface area (Å²) in [7, 11) is 0. The third kappa shape index (κ3) is 6.49. The average Bonchev–Trinajstić information content (AvgIpc) is 3.13. The standard InChI is InChI=1S/C21H23N3O2S/c1-16-6-8-19(9-7-16)26-14-21-24-18(15-27-21)12-20(25)23-11-3-5-17-4-2-10-22-13-17/h2,4,6-10,13,15H,3,5,11-12,14H2,1H3,(H,23,25). The summed E-state index contributed by atoms with van der Waals surface area (Å²) in [4.78, 5) is 20.6. The van der Waals surface area contributed by atoms with Gasteiger partial charge in [0, 0.05) is 24.3 Å². The van der Waals surface area contributed by atoms with Crippen molar-refractivity contribution in [3.8, 4) is 5.75 Å². The number of hydrogen-bond acceptors (Lipinski definition) is 5. The Balaban J connectivity index is 1.36. The van der Waals surface area contributed by atoms with Crippen molar-refractivity contribution in [1.82, 2.24) is 15.3 Å². The normalized spacial score (nSPS) is 10.6. The van der Waals surface area contributed by atoms with Gasteiger partial charge in [-0.2, -0.15) is 0 Å². The molecule has 0 aliphatic rings. The van der Waals surface area contributed by atoms with E-state index < -0.39 is 0 Å². The Morgan fingerprint density at radius 2 is 2.07 bits per heavy atom. The number of benzene rings is 1. The van der Waals surface area contributed by atoms with Crippen molar-refractivity contribution < 1.29 is 9.53 Å². The van der Waals surface area contributed by atoms with Gasteiger partial charge in [-0.1, -0.05) is 23.8 Å². The second-order valence-corrected chi connectivity index (χ2v) is 7.27. The highest BCUT2D eigenvalue weighted by molar-refractivity contribution is 7.09. The molecule has 140 valence electrons. The van der Waals surface area contributed by atoms with E-state index in [0.717, 1.165) is 29.3 Å². The summed E-state index contributed by atoms with van der Waals surface area (Å²) in [6.45, 7) is 3.11. The number of nitrogens with zero attached hydrogens (tertiary/aromatic N) is 2. The first-order valence-corrected chi connectivity index (χ1v) is 9.85. The maximum Gasteiger partial charge on any atom is 0.226 e. The Labute approximate surface area is 163 Å². The second kappa shape index (κ2) is 9.83. The van der Waals surface area contributed by atoms with E-state index in [1.54, 1.807) is 6.20 Å². The lowest BCUT2D eigenvalue weighted by atomic mass is 10.1. The van der Waals surface area contributed by atoms with Gasteiger partial charge >= 0.3 is 0 Å². The number of thiazole rings is 1. The molecule has 0 saturated carbocycles. The summed E-state index contributed by atoms with van der Waals surface area (Å²) < 4.78 is 5.73. The number of rotatable bonds is 9. The molecule has 1 amide bonds. The molecular formula is C21H23N3O2S. The van der Waals surface area contributed by atoms with Gasteiger partial charge in [0.25, 0.3) is 0 Å². The summed E-state index contributed by atoms with van der Waals surface area (Å²) in [6.07, 6.45) is 5.72. The lowest BCUT2D eigenvalue weighted by Crippen LogP contribution is -2.26. The minimum Gasteiger partial charge on any atom is -0.486 e. The lowest BCUT2D eigenvalue weighted by Gasteiger charge is -2.05. The highest BCUT2D eigenvalue weighted by Gasteiger charge is 2.08. The van der Waals surface area contributed by atoms with Gasteiger partial charge in [-0.3, -0.25) is 9.78 Å². The first-order chi connectivity index (χ1) is 13.2. The Hall–Kier alpha value is -2.73. The monoisotopic (exact) mass is 381 g/mol. The molecular weight excluding hydrogens is 358 g/mol. The molecule has 1 aromatic carbocycles. The number of carbonyl (C=O) groups is 1. The van der Waals surface area contributed by atoms with Crippen molar-refractivity contribution >= 4 is 17.2 Å². The van der Waals surface area contributed by atoms with Crippen molar-refractivity contribution in [2.45, 2.75) is 32.8 Å². The van der Waals surface area contributed by atoms with Crippen LogP contribution in [0.5, 0.6) is 5.75 Å². The highest BCUT2D eigenvalue weighted by atomic mass is 32.1. The third-order valence-corrected chi connectivity index (χ3v) is 4.88. The van der Waals surface area contributed by atoms with Crippen LogP contribution in [0.2, 0.25) is 0 Å². The van der Waals surface area contributed by atoms with Gasteiger partial charge in [0.05, 0.1) is 12.1 Å². The molecule has 0 spiro atoms. The van der Waals surface area contributed by atoms with E-state index in [1.807, 2.05) is 54.9 Å². The Kier molecular flexibility index (Phi) is 6.93. The first-order valence-electron chi connectivity index (χ1n) is 8.97. The number of nitrogens with one attached hydrogen (secondary N) is 1. The van der Waals surface area contributed by atoms with Crippen LogP contribution < -0.4 is 10.1 Å². The van der Waals surface area contributed by atoms with Crippen molar-refractivity contribution in [2.75, 3.05) is 6.54 Å². The molecule has 0 radical (unpaired) electrons. The van der Waals surface area contributed by atoms with Crippen LogP contribution in [0.4, 0.5) is 0 Å². The van der Waals surface area contributed by atoms with Crippen molar-refractivity contribution in [3.05, 3.63) is 76.0 Å². The van der Waals surface area contributed by atoms with E-state index in [1.165, 1.54) is 22.5 Å². The molecule has 2 heterocycles. The largest absolute Gasteiger partial charge is 0.486 e. The van der Waals surface area contributed by atoms with Gasteiger partial charge in [-0.15, -0.1) is 11.3 Å². The molecule has 1 N–H and O–H groups in total. The molecule has 2 aromatic heterocycles. The molecule has 0 bridgehead atoms. The van der Waals surface area contributed by atoms with Crippen LogP contribution in [0, 0.1) is 6.92 Å². The molecule has 0 unspecified atom stereocenters. The van der Waals surface area contributed by atoms with E-state index in [-0.39, 0.29) is 5.91 Å². The number of pyridine rings is 1. The van der Waals surface area contributed by atoms with Crippen LogP contribution in [0.1, 0.15) is 28.2 Å². The molecule has 27 heavy (non-hydrogen) atoms. The van der Waals surface area contributed by atoms with Crippen molar-refractivity contribution in [3.63, 3.8) is 0 Å². The van der Waals surface area contributed by atoms with E-state index in [2.05, 4.69) is 15.3 Å². The summed E-state index contributed by atoms with van der Waals surface area (Å²) in [5, 5.41) is 5.74. The van der Waals surface area contributed by atoms with Crippen LogP contribution in [0.3, 0.4) is 0 Å². The quantitative estimate of drug-likeness (QED) is 0.574. The number of ether oxygens (including phenoxy) is 1. The fourth-order valence-corrected chi connectivity index (χ4v) is 3.27. The number of aryl methyl sites for hydroxylation is 2. The van der Waals surface area contributed by atoms with Crippen molar-refractivity contribution in [1.29, 1.82) is 0 Å². The Morgan fingerprint density at radius 1 is 1.22 bits per heavy atom. The number of amides is 1. The zero-order valence-electron chi connectivity index (χ0n) is 15.4. The van der Waals surface area contributed by atoms with Crippen LogP contribution in [0.15, 0.2) is 54.2 Å². The molecule has 3 rings (SSSR count). The second-order valence-electron chi connectivity index (χ2n) is 6.33. The SMILES string of the molecule is Cc1ccc(OCc2nc(CC(=O)NCCCc3cccnc3)cs2)cc1. The van der Waals surface area contributed by atoms with Crippen LogP contribution in [-0.2, 0) is 24.2 Å². The molecule has 5 nitrogen and oxygen atoms in total. The number of hydrogen-bond donors (Lipinski definition) is 1. The number of aromatic nitrogens is 2. The van der Waals surface area contributed by atoms with E-state index in [4.69, 9.17) is 4.74 Å². The minimum absolute atomic E-state index is 0.00232. The summed E-state index contributed by atoms with van der Waals surface area (Å²) in [6, 6.07) is 11.9. The third-order valence-electron chi connectivity index (χ3n) is 4.01. The van der Waals surface area contributed by atoms with Gasteiger partial charge in [-0.25, -0.2) is 4.98 Å². The fourth-order valence-electron chi connectivity index (χ4n) is 2.57. The van der Waals surface area contributed by atoms with Crippen LogP contribution in [0.25, 0.3) is 0 Å². The van der Waals surface area contributed by atoms with E-state index in [9.17, 15) is 4.79 Å². The summed E-state index contributed by atoms with van der Waals surface area (Å²) >= 11 is 1.52. The van der Waals surface area contributed by atoms with E-state index >= 15 is 0 Å². The predicted octanol–water partition coefficient (Wildman–Crippen LogP) is 3.72. The van der Waals surface area contributed by atoms with Gasteiger partial charge < -0.3 is 10.1 Å². The highest BCUT2D eigenvalue weighted by Crippen LogP contribution is 2.16. The zero-order chi connectivity index (χ0) is 18.9. The van der Waals surface area contributed by atoms with Gasteiger partial charge in [0.15, 0.2) is 0 Å². The molecule has 0 aliphatic heterocycles. The molecule has 0 saturated heterocycles. The predicted molar refractivity (Wildman–Crippen MR) is 107 cm³/mol. The average molecular weight is 382 g/mol. The summed E-state index contributed by atoms with van der Waals surface area (Å²) in [5.74, 6) is 0.821. The van der Waals surface area contributed by atoms with Gasteiger partial charge in [0.2, 0.25) is 5.91 Å². The van der Waals surface area contributed by atoms with Crippen molar-refractivity contribution in [2.24, 2.45) is 0 Å². The maximum atomic E-state index is 12.1. The summed E-state index contributed by atoms with van der Waals surface area (Å²) in [5.41, 5.74) is 3.17. The lowest BCUT2D eigenvalue weighted by molar-refractivity contribution is -0.120. The molecule has 0 fully saturated rings. The molecule has 3 aromatic rings. The van der Waals surface area contributed by atoms with Crippen LogP contribution >= 0.6 is 11.3 Å². The van der Waals surface area contributed by atoms with Gasteiger partial charge in [0.1, 0.15) is 17.4 Å². The Morgan fingerprint density at radius 3 is 2.85 bits per heavy atom.